The van der Waals surface area contributed by atoms with Gasteiger partial charge in [0.05, 0.1) is 33.2 Å². The van der Waals surface area contributed by atoms with E-state index in [0.29, 0.717) is 79.5 Å². The summed E-state index contributed by atoms with van der Waals surface area (Å²) in [6.07, 6.45) is 6.62. The van der Waals surface area contributed by atoms with Gasteiger partial charge in [0, 0.05) is 85.8 Å². The van der Waals surface area contributed by atoms with Gasteiger partial charge < -0.3 is 29.2 Å². The molecule has 4 heterocycles. The van der Waals surface area contributed by atoms with E-state index in [2.05, 4.69) is 9.97 Å². The first-order valence-electron chi connectivity index (χ1n) is 16.8. The number of ether oxygens (including phenoxy) is 2. The third-order valence-electron chi connectivity index (χ3n) is 11.6. The average Bonchev–Trinajstić information content (AvgIpc) is 3.91. The molecule has 2 N–H and O–H groups in total. The molecule has 2 unspecified atom stereocenters. The lowest BCUT2D eigenvalue weighted by molar-refractivity contribution is -0.132. The zero-order valence-electron chi connectivity index (χ0n) is 27.9. The number of amides is 2. The molecule has 2 aliphatic heterocycles. The number of aromatic amines is 2. The number of hydrogen-bond acceptors (Lipinski definition) is 6. The Balaban J connectivity index is 1.14. The van der Waals surface area contributed by atoms with Crippen LogP contribution < -0.4 is 19.3 Å². The Labute approximate surface area is 293 Å². The van der Waals surface area contributed by atoms with E-state index in [1.54, 1.807) is 12.1 Å². The van der Waals surface area contributed by atoms with Crippen molar-refractivity contribution in [3.8, 4) is 11.5 Å². The van der Waals surface area contributed by atoms with Crippen LogP contribution in [0.2, 0.25) is 0 Å². The van der Waals surface area contributed by atoms with Crippen molar-refractivity contribution in [2.45, 2.75) is 71.6 Å². The van der Waals surface area contributed by atoms with Gasteiger partial charge in [-0.2, -0.15) is 0 Å². The van der Waals surface area contributed by atoms with Gasteiger partial charge in [-0.25, -0.2) is 0 Å². The zero-order valence-corrected chi connectivity index (χ0v) is 29.4. The highest BCUT2D eigenvalue weighted by atomic mass is 35.5. The third kappa shape index (κ3) is 4.59. The van der Waals surface area contributed by atoms with Crippen molar-refractivity contribution >= 4 is 80.1 Å². The standard InChI is InChI=1S/C37H38Cl2N4O6/c1-18-13-40-32-26(48-20(3)44)9-24-30(28(18)32)22(11-38)15-42(24)34(46)36-5-7-37(17-36,8-6-36)35(47)43-16-23(12-39)31-25(43)10-27(49-21(4)45)33-29(31)19(2)14-41-33/h9-10,13-14,22-23,40-41H,5-8,11-12,15-17H2,1-4H3. The normalized spacial score (nSPS) is 25.3. The smallest absolute Gasteiger partial charge is 0.308 e. The largest absolute Gasteiger partial charge is 0.424 e. The summed E-state index contributed by atoms with van der Waals surface area (Å²) in [6, 6.07) is 3.58. The molecule has 2 atom stereocenters. The molecule has 49 heavy (non-hydrogen) atoms. The lowest BCUT2D eigenvalue weighted by Gasteiger charge is -2.32. The van der Waals surface area contributed by atoms with Crippen molar-refractivity contribution in [1.29, 1.82) is 0 Å². The Kier molecular flexibility index (Phi) is 7.39. The second-order valence-corrected chi connectivity index (χ2v) is 15.1. The number of halogens is 2. The number of carbonyl (C=O) groups is 4. The Bertz CT molecular complexity index is 1960. The Morgan fingerprint density at radius 2 is 1.12 bits per heavy atom. The van der Waals surface area contributed by atoms with Gasteiger partial charge >= 0.3 is 11.9 Å². The third-order valence-corrected chi connectivity index (χ3v) is 12.3. The number of alkyl halides is 2. The van der Waals surface area contributed by atoms with Gasteiger partial charge in [-0.1, -0.05) is 0 Å². The van der Waals surface area contributed by atoms with E-state index in [0.717, 1.165) is 44.4 Å². The molecule has 2 fully saturated rings. The van der Waals surface area contributed by atoms with Crippen LogP contribution in [-0.4, -0.2) is 58.6 Å². The summed E-state index contributed by atoms with van der Waals surface area (Å²) in [5, 5.41) is 1.85. The fourth-order valence-electron chi connectivity index (χ4n) is 9.49. The quantitative estimate of drug-likeness (QED) is 0.125. The lowest BCUT2D eigenvalue weighted by Crippen LogP contribution is -2.42. The molecule has 2 amide bonds. The second-order valence-electron chi connectivity index (χ2n) is 14.5. The summed E-state index contributed by atoms with van der Waals surface area (Å²) in [4.78, 5) is 63.9. The zero-order chi connectivity index (χ0) is 34.6. The SMILES string of the molecule is CC(=O)Oc1cc2c(c3c(C)c[nH]c13)C(CCl)CN2C(=O)C12CCC(C(=O)N3CC(CCl)c4c3cc(OC(C)=O)c3[nH]cc(C)c43)(CC1)C2. The number of anilines is 2. The van der Waals surface area contributed by atoms with Crippen molar-refractivity contribution in [3.05, 3.63) is 46.8 Å². The molecule has 256 valence electrons. The van der Waals surface area contributed by atoms with Crippen molar-refractivity contribution in [2.75, 3.05) is 34.6 Å². The molecule has 0 saturated heterocycles. The molecular formula is C37H38Cl2N4O6. The van der Waals surface area contributed by atoms with E-state index in [-0.39, 0.29) is 23.7 Å². The Morgan fingerprint density at radius 3 is 1.47 bits per heavy atom. The number of carbonyl (C=O) groups excluding carboxylic acids is 4. The van der Waals surface area contributed by atoms with Crippen LogP contribution in [0, 0.1) is 24.7 Å². The predicted octanol–water partition coefficient (Wildman–Crippen LogP) is 7.11. The van der Waals surface area contributed by atoms with Crippen LogP contribution in [0.25, 0.3) is 21.8 Å². The predicted molar refractivity (Wildman–Crippen MR) is 188 cm³/mol. The molecule has 2 aliphatic carbocycles. The van der Waals surface area contributed by atoms with Gasteiger partial charge in [0.15, 0.2) is 11.5 Å². The number of benzene rings is 2. The maximum absolute atomic E-state index is 14.8. The molecule has 0 radical (unpaired) electrons. The molecule has 10 nitrogen and oxygen atoms in total. The van der Waals surface area contributed by atoms with Crippen molar-refractivity contribution < 1.29 is 28.7 Å². The molecule has 2 saturated carbocycles. The number of esters is 2. The van der Waals surface area contributed by atoms with E-state index >= 15 is 0 Å². The fourth-order valence-corrected chi connectivity index (χ4v) is 10.00. The van der Waals surface area contributed by atoms with Crippen molar-refractivity contribution in [3.63, 3.8) is 0 Å². The molecule has 4 aliphatic rings. The highest BCUT2D eigenvalue weighted by Gasteiger charge is 2.63. The van der Waals surface area contributed by atoms with Gasteiger partial charge in [-0.3, -0.25) is 19.2 Å². The highest BCUT2D eigenvalue weighted by molar-refractivity contribution is 6.20. The Morgan fingerprint density at radius 1 is 0.735 bits per heavy atom. The Hall–Kier alpha value is -4.02. The molecule has 0 spiro atoms. The van der Waals surface area contributed by atoms with Gasteiger partial charge in [-0.15, -0.1) is 23.2 Å². The maximum atomic E-state index is 14.8. The molecular weight excluding hydrogens is 667 g/mol. The number of nitrogens with zero attached hydrogens (tertiary/aromatic N) is 2. The summed E-state index contributed by atoms with van der Waals surface area (Å²) in [5.74, 6) is 0.335. The number of hydrogen-bond donors (Lipinski definition) is 2. The van der Waals surface area contributed by atoms with Gasteiger partial charge in [0.2, 0.25) is 11.8 Å². The lowest BCUT2D eigenvalue weighted by atomic mass is 9.80. The van der Waals surface area contributed by atoms with E-state index < -0.39 is 22.8 Å². The number of aryl methyl sites for hydroxylation is 2. The van der Waals surface area contributed by atoms with Crippen LogP contribution in [0.3, 0.4) is 0 Å². The number of nitrogens with one attached hydrogen (secondary N) is 2. The molecule has 4 aromatic rings. The monoisotopic (exact) mass is 704 g/mol. The number of rotatable bonds is 6. The summed E-state index contributed by atoms with van der Waals surface area (Å²) >= 11 is 13.1. The maximum Gasteiger partial charge on any atom is 0.308 e. The van der Waals surface area contributed by atoms with Crippen molar-refractivity contribution in [1.82, 2.24) is 9.97 Å². The van der Waals surface area contributed by atoms with Gasteiger partial charge in [0.25, 0.3) is 0 Å². The molecule has 2 bridgehead atoms. The first kappa shape index (κ1) is 32.2. The van der Waals surface area contributed by atoms with Crippen LogP contribution in [0.15, 0.2) is 24.5 Å². The van der Waals surface area contributed by atoms with Gasteiger partial charge in [-0.05, 0) is 68.2 Å². The van der Waals surface area contributed by atoms with Gasteiger partial charge in [0.1, 0.15) is 0 Å². The minimum atomic E-state index is -0.698. The first-order chi connectivity index (χ1) is 23.4. The average molecular weight is 706 g/mol. The second kappa shape index (κ2) is 11.3. The summed E-state index contributed by atoms with van der Waals surface area (Å²) in [7, 11) is 0. The topological polar surface area (TPSA) is 125 Å². The van der Waals surface area contributed by atoms with Crippen LogP contribution >= 0.6 is 23.2 Å². The molecule has 2 aromatic carbocycles. The van der Waals surface area contributed by atoms with Crippen LogP contribution in [0.5, 0.6) is 11.5 Å². The fraction of sp³-hybridized carbons (Fsp3) is 0.459. The van der Waals surface area contributed by atoms with Crippen LogP contribution in [0.4, 0.5) is 11.4 Å². The van der Waals surface area contributed by atoms with E-state index in [1.807, 2.05) is 36.0 Å². The first-order valence-corrected chi connectivity index (χ1v) is 17.9. The van der Waals surface area contributed by atoms with E-state index in [4.69, 9.17) is 32.7 Å². The molecule has 12 heteroatoms. The summed E-state index contributed by atoms with van der Waals surface area (Å²) in [5.41, 5.74) is 5.41. The number of H-pyrrole nitrogens is 2. The minimum absolute atomic E-state index is 0.00267. The van der Waals surface area contributed by atoms with Crippen molar-refractivity contribution in [2.24, 2.45) is 10.8 Å². The number of fused-ring (bicyclic) bond motifs is 8. The highest BCUT2D eigenvalue weighted by Crippen LogP contribution is 2.64. The number of aromatic nitrogens is 2. The summed E-state index contributed by atoms with van der Waals surface area (Å²) < 4.78 is 11.3. The summed E-state index contributed by atoms with van der Waals surface area (Å²) in [6.45, 7) is 7.54. The molecule has 2 aromatic heterocycles. The minimum Gasteiger partial charge on any atom is -0.424 e. The van der Waals surface area contributed by atoms with Crippen LogP contribution in [-0.2, 0) is 19.2 Å². The van der Waals surface area contributed by atoms with Crippen LogP contribution in [0.1, 0.15) is 80.0 Å². The van der Waals surface area contributed by atoms with E-state index in [9.17, 15) is 19.2 Å². The molecule has 8 rings (SSSR count). The van der Waals surface area contributed by atoms with E-state index in [1.165, 1.54) is 13.8 Å².